The van der Waals surface area contributed by atoms with Crippen LogP contribution in [0.25, 0.3) is 0 Å². The van der Waals surface area contributed by atoms with Gasteiger partial charge in [0.05, 0.1) is 18.8 Å². The Morgan fingerprint density at radius 1 is 1.21 bits per heavy atom. The van der Waals surface area contributed by atoms with Gasteiger partial charge in [-0.25, -0.2) is 0 Å². The van der Waals surface area contributed by atoms with Crippen LogP contribution in [0.15, 0.2) is 0 Å². The van der Waals surface area contributed by atoms with E-state index in [1.807, 2.05) is 0 Å². The Kier molecular flexibility index (Phi) is 12.3. The van der Waals surface area contributed by atoms with Crippen molar-refractivity contribution in [3.63, 3.8) is 0 Å². The summed E-state index contributed by atoms with van der Waals surface area (Å²) in [4.78, 5) is 22.7. The van der Waals surface area contributed by atoms with Gasteiger partial charge in [-0.05, 0) is 0 Å². The van der Waals surface area contributed by atoms with Crippen molar-refractivity contribution >= 4 is 11.8 Å². The zero-order valence-corrected chi connectivity index (χ0v) is 18.7. The van der Waals surface area contributed by atoms with Gasteiger partial charge in [0.25, 0.3) is 0 Å². The van der Waals surface area contributed by atoms with E-state index in [1.165, 1.54) is 0 Å². The summed E-state index contributed by atoms with van der Waals surface area (Å²) in [6.07, 6.45) is -9.24. The molecule has 1 aliphatic rings. The minimum atomic E-state index is -2.24. The molecule has 12 nitrogen and oxygen atoms in total. The molecule has 0 bridgehead atoms. The number of hydrogen-bond donors (Lipinski definition) is 8. The second-order valence-electron chi connectivity index (χ2n) is 7.00. The molecule has 0 aromatic rings. The van der Waals surface area contributed by atoms with E-state index in [1.54, 1.807) is 0 Å². The fourth-order valence-corrected chi connectivity index (χ4v) is 3.21. The Morgan fingerprint density at radius 3 is 2.24 bits per heavy atom. The van der Waals surface area contributed by atoms with E-state index in [0.29, 0.717) is 0 Å². The molecule has 0 saturated carbocycles. The zero-order valence-electron chi connectivity index (χ0n) is 16.7. The number of hydrogen-bond acceptors (Lipinski definition) is 10. The van der Waals surface area contributed by atoms with Crippen LogP contribution in [0.4, 0.5) is 0 Å². The normalized spacial score (nSPS) is 31.0. The second kappa shape index (κ2) is 12.5. The molecule has 1 fully saturated rings. The molecule has 2 unspecified atom stereocenters. The summed E-state index contributed by atoms with van der Waals surface area (Å²) >= 11 is 0. The third kappa shape index (κ3) is 8.34. The van der Waals surface area contributed by atoms with Gasteiger partial charge >= 0.3 is 29.6 Å². The molecule has 164 valence electrons. The second-order valence-corrected chi connectivity index (χ2v) is 7.00. The summed E-state index contributed by atoms with van der Waals surface area (Å²) in [7, 11) is 0. The van der Waals surface area contributed by atoms with Crippen molar-refractivity contribution in [1.29, 1.82) is 0 Å². The number of carbonyl (C=O) groups excluding carboxylic acids is 2. The molecule has 2 amide bonds. The van der Waals surface area contributed by atoms with Crippen molar-refractivity contribution in [2.75, 3.05) is 13.2 Å². The minimum absolute atomic E-state index is 0. The van der Waals surface area contributed by atoms with Gasteiger partial charge in [0.2, 0.25) is 11.8 Å². The van der Waals surface area contributed by atoms with Gasteiger partial charge in [0.15, 0.2) is 5.79 Å². The Labute approximate surface area is 190 Å². The van der Waals surface area contributed by atoms with Crippen LogP contribution in [-0.4, -0.2) is 104 Å². The van der Waals surface area contributed by atoms with Crippen molar-refractivity contribution in [2.45, 2.75) is 75.1 Å². The largest absolute Gasteiger partial charge is 1.00 e. The number of nitrogens with one attached hydrogen (secondary N) is 2. The summed E-state index contributed by atoms with van der Waals surface area (Å²) in [5.74, 6) is -3.41. The number of aliphatic hydroxyl groups excluding tert-OH is 5. The standard InChI is InChI=1S/C16H29N2O10.Na/c1-7(21)17-9(11(24)5-19)3-16(27)4-10(23)13(18-8(2)22)15(28-16)14(26)12(25)6-20;/h9-15,19-20,23,25-27H,3-6H2,1-2H3,(H,17,21)(H,18,22);/q-1;+1/t9?,10-,11?,12+,13+,14+,15+,16+;/m0./s1. The number of aliphatic hydroxyl groups is 6. The van der Waals surface area contributed by atoms with E-state index in [0.717, 1.165) is 13.8 Å². The van der Waals surface area contributed by atoms with E-state index in [2.05, 4.69) is 10.6 Å². The molecule has 8 atom stereocenters. The first kappa shape index (κ1) is 28.6. The maximum absolute atomic E-state index is 11.9. The summed E-state index contributed by atoms with van der Waals surface area (Å²) in [5.41, 5.74) is 0. The Bertz CT molecular complexity index is 542. The zero-order chi connectivity index (χ0) is 21.6. The molecule has 1 aliphatic heterocycles. The monoisotopic (exact) mass is 432 g/mol. The molecule has 0 radical (unpaired) electrons. The molecule has 1 heterocycles. The molecular formula is C16H29N2NaO10. The summed E-state index contributed by atoms with van der Waals surface area (Å²) in [6, 6.07) is -2.49. The van der Waals surface area contributed by atoms with Crippen LogP contribution >= 0.6 is 0 Å². The smallest absolute Gasteiger partial charge is 0.849 e. The molecule has 1 saturated heterocycles. The first-order chi connectivity index (χ1) is 12.9. The van der Waals surface area contributed by atoms with Crippen LogP contribution in [0.3, 0.4) is 0 Å². The fraction of sp³-hybridized carbons (Fsp3) is 0.875. The van der Waals surface area contributed by atoms with Gasteiger partial charge in [0, 0.05) is 39.3 Å². The van der Waals surface area contributed by atoms with E-state index in [-0.39, 0.29) is 29.6 Å². The maximum Gasteiger partial charge on any atom is 1.00 e. The molecule has 0 aromatic heterocycles. The summed E-state index contributed by atoms with van der Waals surface area (Å²) in [6.45, 7) is 0.585. The number of carbonyl (C=O) groups is 2. The van der Waals surface area contributed by atoms with Crippen LogP contribution < -0.4 is 45.3 Å². The topological polar surface area (TPSA) is 212 Å². The van der Waals surface area contributed by atoms with E-state index in [4.69, 9.17) is 14.9 Å². The molecular weight excluding hydrogens is 403 g/mol. The van der Waals surface area contributed by atoms with Crippen LogP contribution in [0.5, 0.6) is 0 Å². The van der Waals surface area contributed by atoms with Crippen molar-refractivity contribution < 1.29 is 79.6 Å². The maximum atomic E-state index is 11.9. The molecule has 0 aromatic carbocycles. The van der Waals surface area contributed by atoms with Crippen LogP contribution in [0, 0.1) is 0 Å². The van der Waals surface area contributed by atoms with Gasteiger partial charge in [-0.1, -0.05) is 6.10 Å². The predicted octanol–water partition coefficient (Wildman–Crippen LogP) is -8.34. The Morgan fingerprint density at radius 2 is 1.79 bits per heavy atom. The Balaban J connectivity index is 0.00000784. The van der Waals surface area contributed by atoms with Crippen LogP contribution in [-0.2, 0) is 14.3 Å². The Hall–Kier alpha value is -0.380. The molecule has 13 heteroatoms. The number of amides is 2. The molecule has 0 aliphatic carbocycles. The van der Waals surface area contributed by atoms with E-state index < -0.39 is 86.3 Å². The minimum Gasteiger partial charge on any atom is -0.849 e. The van der Waals surface area contributed by atoms with Gasteiger partial charge in [-0.3, -0.25) is 9.59 Å². The average Bonchev–Trinajstić information content (AvgIpc) is 2.60. The van der Waals surface area contributed by atoms with Crippen LogP contribution in [0.2, 0.25) is 0 Å². The quantitative estimate of drug-likeness (QED) is 0.161. The van der Waals surface area contributed by atoms with Gasteiger partial charge in [0.1, 0.15) is 18.3 Å². The predicted molar refractivity (Wildman–Crippen MR) is 90.2 cm³/mol. The van der Waals surface area contributed by atoms with Crippen molar-refractivity contribution in [1.82, 2.24) is 10.6 Å². The van der Waals surface area contributed by atoms with E-state index in [9.17, 15) is 35.1 Å². The third-order valence-corrected chi connectivity index (χ3v) is 4.50. The number of rotatable bonds is 9. The molecule has 1 rings (SSSR count). The SMILES string of the molecule is CC(=O)NC(C[C@]1(O)C[C@H](O)[C@@H](NC(C)=O)[C@H]([C@H](O)[C@H](O)CO)O1)C([O-])CO.[Na+]. The molecule has 8 N–H and O–H groups in total. The first-order valence-electron chi connectivity index (χ1n) is 8.80. The molecule has 29 heavy (non-hydrogen) atoms. The average molecular weight is 432 g/mol. The van der Waals surface area contributed by atoms with Gasteiger partial charge < -0.3 is 51.1 Å². The van der Waals surface area contributed by atoms with Gasteiger partial charge in [-0.15, -0.1) is 0 Å². The van der Waals surface area contributed by atoms with Crippen molar-refractivity contribution in [2.24, 2.45) is 0 Å². The van der Waals surface area contributed by atoms with Crippen molar-refractivity contribution in [3.8, 4) is 0 Å². The van der Waals surface area contributed by atoms with Crippen LogP contribution in [0.1, 0.15) is 26.7 Å². The van der Waals surface area contributed by atoms with Gasteiger partial charge in [-0.2, -0.15) is 0 Å². The third-order valence-electron chi connectivity index (χ3n) is 4.50. The molecule has 0 spiro atoms. The first-order valence-corrected chi connectivity index (χ1v) is 8.80. The van der Waals surface area contributed by atoms with E-state index >= 15 is 0 Å². The summed E-state index contributed by atoms with van der Waals surface area (Å²) in [5, 5.41) is 75.8. The van der Waals surface area contributed by atoms with Crippen molar-refractivity contribution in [3.05, 3.63) is 0 Å². The number of ether oxygens (including phenoxy) is 1. The summed E-state index contributed by atoms with van der Waals surface area (Å²) < 4.78 is 5.44. The fourth-order valence-electron chi connectivity index (χ4n) is 3.21.